The number of imide groups is 1. The molecule has 7 heteroatoms. The SMILES string of the molecule is Cc1nn(C2CCC(=O)NC2=O)c2cccc(C#CCN3CC4CNCC4C3)c12. The molecule has 2 aromatic rings. The first kappa shape index (κ1) is 18.3. The summed E-state index contributed by atoms with van der Waals surface area (Å²) in [4.78, 5) is 26.2. The Bertz CT molecular complexity index is 1030. The van der Waals surface area contributed by atoms with Gasteiger partial charge in [0.25, 0.3) is 5.91 Å². The summed E-state index contributed by atoms with van der Waals surface area (Å²) in [6.07, 6.45) is 0.812. The van der Waals surface area contributed by atoms with Gasteiger partial charge in [-0.3, -0.25) is 24.5 Å². The van der Waals surface area contributed by atoms with E-state index in [0.717, 1.165) is 66.7 Å². The number of rotatable bonds is 2. The molecule has 1 aromatic carbocycles. The molecule has 0 saturated carbocycles. The number of hydrogen-bond donors (Lipinski definition) is 2. The van der Waals surface area contributed by atoms with Crippen molar-refractivity contribution in [2.24, 2.45) is 11.8 Å². The van der Waals surface area contributed by atoms with Crippen LogP contribution >= 0.6 is 0 Å². The fourth-order valence-corrected chi connectivity index (χ4v) is 4.96. The minimum atomic E-state index is -0.454. The van der Waals surface area contributed by atoms with Gasteiger partial charge in [-0.2, -0.15) is 5.10 Å². The van der Waals surface area contributed by atoms with E-state index in [1.54, 1.807) is 4.68 Å². The summed E-state index contributed by atoms with van der Waals surface area (Å²) < 4.78 is 1.76. The molecule has 2 N–H and O–H groups in total. The summed E-state index contributed by atoms with van der Waals surface area (Å²) in [6.45, 7) is 7.25. The van der Waals surface area contributed by atoms with E-state index in [1.807, 2.05) is 25.1 Å². The maximum atomic E-state index is 12.3. The summed E-state index contributed by atoms with van der Waals surface area (Å²) in [5.41, 5.74) is 2.70. The van der Waals surface area contributed by atoms with Crippen LogP contribution in [0.3, 0.4) is 0 Å². The van der Waals surface area contributed by atoms with Crippen LogP contribution in [-0.4, -0.2) is 59.2 Å². The van der Waals surface area contributed by atoms with Crippen LogP contribution in [0.2, 0.25) is 0 Å². The molecule has 0 radical (unpaired) electrons. The molecule has 3 aliphatic heterocycles. The monoisotopic (exact) mass is 391 g/mol. The molecule has 3 aliphatic rings. The number of likely N-dealkylation sites (tertiary alicyclic amines) is 1. The molecule has 4 heterocycles. The topological polar surface area (TPSA) is 79.3 Å². The average Bonchev–Trinajstić information content (AvgIpc) is 3.36. The van der Waals surface area contributed by atoms with Gasteiger partial charge in [0.05, 0.1) is 17.8 Å². The number of benzene rings is 1. The van der Waals surface area contributed by atoms with Crippen molar-refractivity contribution in [1.82, 2.24) is 25.3 Å². The van der Waals surface area contributed by atoms with Crippen molar-refractivity contribution in [1.29, 1.82) is 0 Å². The predicted molar refractivity (Wildman–Crippen MR) is 109 cm³/mol. The van der Waals surface area contributed by atoms with Crippen LogP contribution < -0.4 is 10.6 Å². The molecule has 5 rings (SSSR count). The molecule has 150 valence electrons. The standard InChI is InChI=1S/C22H25N5O2/c1-14-21-15(5-3-9-26-12-16-10-23-11-17(16)13-26)4-2-6-18(21)27(25-14)19-7-8-20(28)24-22(19)29/h2,4,6,16-17,19,23H,7-13H2,1H3,(H,24,28,29). The zero-order valence-electron chi connectivity index (χ0n) is 16.6. The van der Waals surface area contributed by atoms with Crippen LogP contribution in [-0.2, 0) is 9.59 Å². The molecule has 0 aliphatic carbocycles. The molecule has 0 spiro atoms. The highest BCUT2D eigenvalue weighted by Gasteiger charge is 2.35. The zero-order chi connectivity index (χ0) is 20.0. The summed E-state index contributed by atoms with van der Waals surface area (Å²) in [6, 6.07) is 5.49. The van der Waals surface area contributed by atoms with Gasteiger partial charge in [0.2, 0.25) is 5.91 Å². The molecule has 1 aromatic heterocycles. The van der Waals surface area contributed by atoms with Gasteiger partial charge in [0.15, 0.2) is 0 Å². The number of carbonyl (C=O) groups is 2. The van der Waals surface area contributed by atoms with Crippen molar-refractivity contribution in [3.05, 3.63) is 29.5 Å². The molecular weight excluding hydrogens is 366 g/mol. The number of nitrogens with one attached hydrogen (secondary N) is 2. The van der Waals surface area contributed by atoms with Crippen molar-refractivity contribution >= 4 is 22.7 Å². The van der Waals surface area contributed by atoms with Crippen molar-refractivity contribution in [3.8, 4) is 11.8 Å². The summed E-state index contributed by atoms with van der Waals surface area (Å²) in [5.74, 6) is 7.74. The van der Waals surface area contributed by atoms with Gasteiger partial charge >= 0.3 is 0 Å². The lowest BCUT2D eigenvalue weighted by molar-refractivity contribution is -0.135. The van der Waals surface area contributed by atoms with E-state index in [1.165, 1.54) is 0 Å². The Morgan fingerprint density at radius 3 is 2.76 bits per heavy atom. The maximum Gasteiger partial charge on any atom is 0.251 e. The van der Waals surface area contributed by atoms with Crippen molar-refractivity contribution in [2.45, 2.75) is 25.8 Å². The van der Waals surface area contributed by atoms with Crippen LogP contribution in [0.5, 0.6) is 0 Å². The average molecular weight is 391 g/mol. The number of aryl methyl sites for hydroxylation is 1. The van der Waals surface area contributed by atoms with Crippen molar-refractivity contribution < 1.29 is 9.59 Å². The lowest BCUT2D eigenvalue weighted by Crippen LogP contribution is -2.42. The van der Waals surface area contributed by atoms with Crippen LogP contribution in [0.1, 0.15) is 30.1 Å². The van der Waals surface area contributed by atoms with E-state index in [2.05, 4.69) is 32.5 Å². The molecule has 3 fully saturated rings. The zero-order valence-corrected chi connectivity index (χ0v) is 16.6. The molecule has 3 unspecified atom stereocenters. The number of carbonyl (C=O) groups excluding carboxylic acids is 2. The third-order valence-corrected chi connectivity index (χ3v) is 6.41. The smallest absolute Gasteiger partial charge is 0.251 e. The number of aromatic nitrogens is 2. The molecule has 0 bridgehead atoms. The molecule has 29 heavy (non-hydrogen) atoms. The Balaban J connectivity index is 1.39. The third kappa shape index (κ3) is 3.33. The van der Waals surface area contributed by atoms with Gasteiger partial charge in [-0.05, 0) is 50.4 Å². The fraction of sp³-hybridized carbons (Fsp3) is 0.500. The highest BCUT2D eigenvalue weighted by atomic mass is 16.2. The molecule has 2 amide bonds. The minimum Gasteiger partial charge on any atom is -0.316 e. The fourth-order valence-electron chi connectivity index (χ4n) is 4.96. The van der Waals surface area contributed by atoms with E-state index < -0.39 is 6.04 Å². The van der Waals surface area contributed by atoms with E-state index >= 15 is 0 Å². The number of piperidine rings is 1. The predicted octanol–water partition coefficient (Wildman–Crippen LogP) is 0.825. The summed E-state index contributed by atoms with van der Waals surface area (Å²) >= 11 is 0. The molecule has 3 saturated heterocycles. The van der Waals surface area contributed by atoms with Gasteiger partial charge in [0.1, 0.15) is 6.04 Å². The first-order valence-corrected chi connectivity index (χ1v) is 10.3. The van der Waals surface area contributed by atoms with Crippen LogP contribution in [0.15, 0.2) is 18.2 Å². The number of hydrogen-bond acceptors (Lipinski definition) is 5. The van der Waals surface area contributed by atoms with Gasteiger partial charge in [-0.1, -0.05) is 17.9 Å². The normalized spacial score (nSPS) is 27.0. The minimum absolute atomic E-state index is 0.215. The lowest BCUT2D eigenvalue weighted by atomic mass is 10.0. The Kier molecular flexibility index (Phi) is 4.61. The van der Waals surface area contributed by atoms with Crippen LogP contribution in [0, 0.1) is 30.6 Å². The second-order valence-corrected chi connectivity index (χ2v) is 8.37. The Hall–Kier alpha value is -2.69. The van der Waals surface area contributed by atoms with Crippen LogP contribution in [0.25, 0.3) is 10.9 Å². The van der Waals surface area contributed by atoms with Gasteiger partial charge in [0, 0.05) is 30.5 Å². The van der Waals surface area contributed by atoms with Crippen LogP contribution in [0.4, 0.5) is 0 Å². The van der Waals surface area contributed by atoms with Gasteiger partial charge in [-0.15, -0.1) is 0 Å². The highest BCUT2D eigenvalue weighted by molar-refractivity contribution is 6.00. The van der Waals surface area contributed by atoms with Gasteiger partial charge in [-0.25, -0.2) is 0 Å². The Morgan fingerprint density at radius 2 is 2.00 bits per heavy atom. The largest absolute Gasteiger partial charge is 0.316 e. The summed E-state index contributed by atoms with van der Waals surface area (Å²) in [7, 11) is 0. The first-order chi connectivity index (χ1) is 14.1. The number of fused-ring (bicyclic) bond motifs is 2. The van der Waals surface area contributed by atoms with Crippen molar-refractivity contribution in [2.75, 3.05) is 32.7 Å². The lowest BCUT2D eigenvalue weighted by Gasteiger charge is -2.21. The second kappa shape index (κ2) is 7.29. The number of nitrogens with zero attached hydrogens (tertiary/aromatic N) is 3. The Morgan fingerprint density at radius 1 is 1.21 bits per heavy atom. The Labute approximate surface area is 169 Å². The maximum absolute atomic E-state index is 12.3. The molecular formula is C22H25N5O2. The molecule has 3 atom stereocenters. The number of amides is 2. The molecule has 7 nitrogen and oxygen atoms in total. The van der Waals surface area contributed by atoms with E-state index in [4.69, 9.17) is 0 Å². The van der Waals surface area contributed by atoms with E-state index in [9.17, 15) is 9.59 Å². The third-order valence-electron chi connectivity index (χ3n) is 6.41. The van der Waals surface area contributed by atoms with Gasteiger partial charge < -0.3 is 5.32 Å². The highest BCUT2D eigenvalue weighted by Crippen LogP contribution is 2.28. The second-order valence-electron chi connectivity index (χ2n) is 8.37. The van der Waals surface area contributed by atoms with E-state index in [-0.39, 0.29) is 11.8 Å². The quantitative estimate of drug-likeness (QED) is 0.586. The first-order valence-electron chi connectivity index (χ1n) is 10.3. The van der Waals surface area contributed by atoms with Crippen molar-refractivity contribution in [3.63, 3.8) is 0 Å². The summed E-state index contributed by atoms with van der Waals surface area (Å²) in [5, 5.41) is 11.5. The van der Waals surface area contributed by atoms with E-state index in [0.29, 0.717) is 12.8 Å².